The minimum absolute atomic E-state index is 0. The van der Waals surface area contributed by atoms with Gasteiger partial charge in [-0.2, -0.15) is 0 Å². The Morgan fingerprint density at radius 2 is 2.00 bits per heavy atom. The first-order valence-corrected chi connectivity index (χ1v) is 7.46. The van der Waals surface area contributed by atoms with Crippen LogP contribution in [0.1, 0.15) is 31.0 Å². The summed E-state index contributed by atoms with van der Waals surface area (Å²) in [5, 5.41) is 3.50. The first kappa shape index (κ1) is 17.4. The molecule has 0 aliphatic carbocycles. The molecule has 0 aromatic heterocycles. The second-order valence-corrected chi connectivity index (χ2v) is 5.05. The van der Waals surface area contributed by atoms with E-state index in [0.29, 0.717) is 6.04 Å². The lowest BCUT2D eigenvalue weighted by atomic mass is 10.0. The zero-order valence-electron chi connectivity index (χ0n) is 12.6. The quantitative estimate of drug-likeness (QED) is 0.817. The number of benzene rings is 1. The first-order chi connectivity index (χ1) is 9.35. The molecule has 1 fully saturated rings. The summed E-state index contributed by atoms with van der Waals surface area (Å²) in [6.07, 6.45) is 1.11. The van der Waals surface area contributed by atoms with Gasteiger partial charge in [-0.25, -0.2) is 0 Å². The van der Waals surface area contributed by atoms with Crippen molar-refractivity contribution in [2.45, 2.75) is 26.3 Å². The number of aryl methyl sites for hydroxylation is 1. The third-order valence-corrected chi connectivity index (χ3v) is 3.85. The number of rotatable bonds is 6. The molecule has 2 rings (SSSR count). The monoisotopic (exact) mass is 298 g/mol. The molecule has 0 saturated carbocycles. The lowest BCUT2D eigenvalue weighted by Crippen LogP contribution is -2.47. The molecule has 0 radical (unpaired) electrons. The van der Waals surface area contributed by atoms with E-state index in [0.717, 1.165) is 45.8 Å². The third-order valence-electron chi connectivity index (χ3n) is 3.85. The summed E-state index contributed by atoms with van der Waals surface area (Å²) < 4.78 is 5.49. The van der Waals surface area contributed by atoms with E-state index >= 15 is 0 Å². The molecule has 1 aliphatic rings. The Hall–Kier alpha value is -0.610. The highest BCUT2D eigenvalue weighted by atomic mass is 35.5. The number of piperazine rings is 1. The molecular weight excluding hydrogens is 272 g/mol. The fraction of sp³-hybridized carbons (Fsp3) is 0.625. The van der Waals surface area contributed by atoms with E-state index in [-0.39, 0.29) is 12.4 Å². The number of hydrogen-bond donors (Lipinski definition) is 1. The highest BCUT2D eigenvalue weighted by Gasteiger charge is 2.23. The zero-order chi connectivity index (χ0) is 13.5. The summed E-state index contributed by atoms with van der Waals surface area (Å²) in [4.78, 5) is 2.53. The van der Waals surface area contributed by atoms with Gasteiger partial charge in [0.25, 0.3) is 0 Å². The molecule has 1 N–H and O–H groups in total. The van der Waals surface area contributed by atoms with Crippen molar-refractivity contribution in [3.8, 4) is 0 Å². The van der Waals surface area contributed by atoms with Crippen LogP contribution in [0.5, 0.6) is 0 Å². The van der Waals surface area contributed by atoms with Gasteiger partial charge in [-0.3, -0.25) is 4.90 Å². The van der Waals surface area contributed by atoms with Gasteiger partial charge >= 0.3 is 0 Å². The maximum atomic E-state index is 5.49. The molecule has 0 spiro atoms. The standard InChI is InChI=1S/C16H26N2O.ClH/c1-3-14-5-7-15(8-6-14)16-13-17-9-10-18(16)11-12-19-4-2;/h5-8,16-17H,3-4,9-13H2,1-2H3;1H. The molecule has 1 heterocycles. The van der Waals surface area contributed by atoms with Crippen molar-refractivity contribution in [2.24, 2.45) is 0 Å². The lowest BCUT2D eigenvalue weighted by Gasteiger charge is -2.36. The SMILES string of the molecule is CCOCCN1CCNCC1c1ccc(CC)cc1.Cl. The Morgan fingerprint density at radius 3 is 2.65 bits per heavy atom. The summed E-state index contributed by atoms with van der Waals surface area (Å²) in [7, 11) is 0. The van der Waals surface area contributed by atoms with E-state index in [1.54, 1.807) is 0 Å². The summed E-state index contributed by atoms with van der Waals surface area (Å²) in [5.74, 6) is 0. The van der Waals surface area contributed by atoms with Gasteiger partial charge in [0.15, 0.2) is 0 Å². The van der Waals surface area contributed by atoms with Crippen molar-refractivity contribution in [1.29, 1.82) is 0 Å². The van der Waals surface area contributed by atoms with Gasteiger partial charge in [0.05, 0.1) is 6.61 Å². The smallest absolute Gasteiger partial charge is 0.0593 e. The van der Waals surface area contributed by atoms with Crippen molar-refractivity contribution in [3.63, 3.8) is 0 Å². The van der Waals surface area contributed by atoms with Crippen molar-refractivity contribution in [1.82, 2.24) is 10.2 Å². The zero-order valence-corrected chi connectivity index (χ0v) is 13.4. The predicted octanol–water partition coefficient (Wildman–Crippen LogP) is 2.65. The molecule has 0 bridgehead atoms. The Bertz CT molecular complexity index is 369. The van der Waals surface area contributed by atoms with Crippen molar-refractivity contribution < 1.29 is 4.74 Å². The summed E-state index contributed by atoms with van der Waals surface area (Å²) in [6.45, 7) is 10.1. The molecule has 20 heavy (non-hydrogen) atoms. The maximum Gasteiger partial charge on any atom is 0.0593 e. The fourth-order valence-electron chi connectivity index (χ4n) is 2.64. The lowest BCUT2D eigenvalue weighted by molar-refractivity contribution is 0.0829. The molecule has 1 aromatic rings. The van der Waals surface area contributed by atoms with Crippen LogP contribution in [0.4, 0.5) is 0 Å². The van der Waals surface area contributed by atoms with Crippen LogP contribution in [-0.4, -0.2) is 44.3 Å². The van der Waals surface area contributed by atoms with Gasteiger partial charge in [0.2, 0.25) is 0 Å². The highest BCUT2D eigenvalue weighted by molar-refractivity contribution is 5.85. The minimum atomic E-state index is 0. The van der Waals surface area contributed by atoms with Crippen LogP contribution >= 0.6 is 12.4 Å². The average molecular weight is 299 g/mol. The van der Waals surface area contributed by atoms with Gasteiger partial charge in [-0.1, -0.05) is 31.2 Å². The van der Waals surface area contributed by atoms with Crippen molar-refractivity contribution in [2.75, 3.05) is 39.4 Å². The number of nitrogens with one attached hydrogen (secondary N) is 1. The van der Waals surface area contributed by atoms with Gasteiger partial charge in [0, 0.05) is 38.8 Å². The van der Waals surface area contributed by atoms with Crippen molar-refractivity contribution >= 4 is 12.4 Å². The Kier molecular flexibility index (Phi) is 8.15. The van der Waals surface area contributed by atoms with E-state index in [2.05, 4.69) is 48.3 Å². The number of ether oxygens (including phenoxy) is 1. The molecule has 1 aliphatic heterocycles. The summed E-state index contributed by atoms with van der Waals surface area (Å²) >= 11 is 0. The van der Waals surface area contributed by atoms with Gasteiger partial charge in [0.1, 0.15) is 0 Å². The molecule has 1 saturated heterocycles. The van der Waals surface area contributed by atoms with Crippen LogP contribution in [0, 0.1) is 0 Å². The highest BCUT2D eigenvalue weighted by Crippen LogP contribution is 2.22. The van der Waals surface area contributed by atoms with Crippen molar-refractivity contribution in [3.05, 3.63) is 35.4 Å². The minimum Gasteiger partial charge on any atom is -0.380 e. The number of halogens is 1. The fourth-order valence-corrected chi connectivity index (χ4v) is 2.64. The molecular formula is C16H27ClN2O. The van der Waals surface area contributed by atoms with Gasteiger partial charge in [-0.05, 0) is 24.5 Å². The molecule has 114 valence electrons. The molecule has 3 nitrogen and oxygen atoms in total. The normalized spacial score (nSPS) is 19.6. The molecule has 1 unspecified atom stereocenters. The largest absolute Gasteiger partial charge is 0.380 e. The summed E-state index contributed by atoms with van der Waals surface area (Å²) in [5.41, 5.74) is 2.83. The Morgan fingerprint density at radius 1 is 1.25 bits per heavy atom. The third kappa shape index (κ3) is 4.74. The molecule has 1 atom stereocenters. The topological polar surface area (TPSA) is 24.5 Å². The molecule has 0 amide bonds. The van der Waals surface area contributed by atoms with E-state index in [9.17, 15) is 0 Å². The second-order valence-electron chi connectivity index (χ2n) is 5.05. The van der Waals surface area contributed by atoms with Crippen LogP contribution in [0.3, 0.4) is 0 Å². The van der Waals surface area contributed by atoms with Crippen LogP contribution < -0.4 is 5.32 Å². The Balaban J connectivity index is 0.00000200. The predicted molar refractivity (Wildman–Crippen MR) is 86.7 cm³/mol. The van der Waals surface area contributed by atoms with Crippen LogP contribution in [-0.2, 0) is 11.2 Å². The molecule has 1 aromatic carbocycles. The van der Waals surface area contributed by atoms with E-state index in [1.807, 2.05) is 0 Å². The maximum absolute atomic E-state index is 5.49. The Labute approximate surface area is 129 Å². The number of hydrogen-bond acceptors (Lipinski definition) is 3. The van der Waals surface area contributed by atoms with E-state index in [1.165, 1.54) is 11.1 Å². The molecule has 4 heteroatoms. The van der Waals surface area contributed by atoms with E-state index < -0.39 is 0 Å². The van der Waals surface area contributed by atoms with Crippen LogP contribution in [0.2, 0.25) is 0 Å². The van der Waals surface area contributed by atoms with Gasteiger partial charge < -0.3 is 10.1 Å². The summed E-state index contributed by atoms with van der Waals surface area (Å²) in [6, 6.07) is 9.56. The van der Waals surface area contributed by atoms with Crippen LogP contribution in [0.15, 0.2) is 24.3 Å². The second kappa shape index (κ2) is 9.35. The average Bonchev–Trinajstić information content (AvgIpc) is 2.48. The van der Waals surface area contributed by atoms with Gasteiger partial charge in [-0.15, -0.1) is 12.4 Å². The van der Waals surface area contributed by atoms with Crippen LogP contribution in [0.25, 0.3) is 0 Å². The van der Waals surface area contributed by atoms with E-state index in [4.69, 9.17) is 4.74 Å². The number of nitrogens with zero attached hydrogens (tertiary/aromatic N) is 1. The first-order valence-electron chi connectivity index (χ1n) is 7.46.